The Morgan fingerprint density at radius 2 is 1.65 bits per heavy atom. The minimum Gasteiger partial charge on any atom is -0.462 e. The van der Waals surface area contributed by atoms with E-state index < -0.39 is 6.09 Å². The second-order valence-corrected chi connectivity index (χ2v) is 8.15. The van der Waals surface area contributed by atoms with Crippen molar-refractivity contribution in [2.75, 3.05) is 19.8 Å². The molecule has 5 nitrogen and oxygen atoms in total. The summed E-state index contributed by atoms with van der Waals surface area (Å²) in [6, 6.07) is 20.1. The summed E-state index contributed by atoms with van der Waals surface area (Å²) in [6.45, 7) is 2.76. The minimum absolute atomic E-state index is 0.0427. The molecule has 0 bridgehead atoms. The highest BCUT2D eigenvalue weighted by Crippen LogP contribution is 2.44. The Balaban J connectivity index is 1.29. The molecule has 6 heteroatoms. The minimum atomic E-state index is -0.454. The van der Waals surface area contributed by atoms with Crippen LogP contribution in [0.3, 0.4) is 0 Å². The number of carbonyl (C=O) groups is 2. The van der Waals surface area contributed by atoms with Crippen LogP contribution in [-0.4, -0.2) is 31.8 Å². The summed E-state index contributed by atoms with van der Waals surface area (Å²) in [5.41, 5.74) is 4.78. The second-order valence-electron chi connectivity index (χ2n) is 7.03. The molecule has 0 radical (unpaired) electrons. The number of hydrogen-bond acceptors (Lipinski definition) is 5. The molecular weight excluding hydrogens is 410 g/mol. The molecule has 1 aromatic heterocycles. The van der Waals surface area contributed by atoms with Crippen molar-refractivity contribution >= 4 is 29.5 Å². The number of rotatable bonds is 7. The van der Waals surface area contributed by atoms with Crippen molar-refractivity contribution in [1.82, 2.24) is 5.32 Å². The van der Waals surface area contributed by atoms with Gasteiger partial charge in [-0.05, 0) is 47.4 Å². The first-order chi connectivity index (χ1) is 15.2. The third-order valence-corrected chi connectivity index (χ3v) is 6.12. The predicted octanol–water partition coefficient (Wildman–Crippen LogP) is 5.48. The molecule has 1 aliphatic carbocycles. The lowest BCUT2D eigenvalue weighted by Gasteiger charge is -2.14. The van der Waals surface area contributed by atoms with E-state index in [4.69, 9.17) is 9.47 Å². The van der Waals surface area contributed by atoms with Gasteiger partial charge in [-0.1, -0.05) is 54.6 Å². The molecule has 158 valence electrons. The molecule has 3 aromatic rings. The zero-order valence-corrected chi connectivity index (χ0v) is 18.0. The van der Waals surface area contributed by atoms with Crippen molar-refractivity contribution < 1.29 is 19.1 Å². The van der Waals surface area contributed by atoms with Gasteiger partial charge in [0.05, 0.1) is 6.61 Å². The lowest BCUT2D eigenvalue weighted by atomic mass is 9.98. The van der Waals surface area contributed by atoms with E-state index in [9.17, 15) is 9.59 Å². The molecule has 0 spiro atoms. The van der Waals surface area contributed by atoms with E-state index in [1.54, 1.807) is 13.0 Å². The fourth-order valence-corrected chi connectivity index (χ4v) is 4.55. The standard InChI is InChI=1S/C25H23NO4S/c1-2-29-24(27)23-14-13-17(31-23)8-7-15-26-25(28)30-16-22-20-11-5-3-9-18(20)19-10-4-6-12-21(19)22/h3-14,22H,2,15-16H2,1H3,(H,26,28). The van der Waals surface area contributed by atoms with Gasteiger partial charge >= 0.3 is 12.1 Å². The van der Waals surface area contributed by atoms with E-state index >= 15 is 0 Å². The van der Waals surface area contributed by atoms with Gasteiger partial charge in [-0.15, -0.1) is 11.3 Å². The van der Waals surface area contributed by atoms with Gasteiger partial charge in [0.1, 0.15) is 11.5 Å². The Bertz CT molecular complexity index is 1070. The van der Waals surface area contributed by atoms with Gasteiger partial charge in [0.15, 0.2) is 0 Å². The van der Waals surface area contributed by atoms with Crippen molar-refractivity contribution in [3.63, 3.8) is 0 Å². The van der Waals surface area contributed by atoms with Crippen LogP contribution in [-0.2, 0) is 9.47 Å². The van der Waals surface area contributed by atoms with Gasteiger partial charge in [0.2, 0.25) is 0 Å². The number of thiophene rings is 1. The monoisotopic (exact) mass is 433 g/mol. The van der Waals surface area contributed by atoms with E-state index in [1.807, 2.05) is 42.5 Å². The topological polar surface area (TPSA) is 64.6 Å². The average molecular weight is 434 g/mol. The molecule has 31 heavy (non-hydrogen) atoms. The van der Waals surface area contributed by atoms with E-state index in [-0.39, 0.29) is 18.5 Å². The number of amides is 1. The van der Waals surface area contributed by atoms with Crippen LogP contribution in [0.1, 0.15) is 38.5 Å². The van der Waals surface area contributed by atoms with Crippen molar-refractivity contribution in [3.8, 4) is 11.1 Å². The Morgan fingerprint density at radius 3 is 2.32 bits per heavy atom. The van der Waals surface area contributed by atoms with Crippen LogP contribution >= 0.6 is 11.3 Å². The van der Waals surface area contributed by atoms with Gasteiger partial charge in [-0.2, -0.15) is 0 Å². The molecule has 0 aliphatic heterocycles. The smallest absolute Gasteiger partial charge is 0.407 e. The van der Waals surface area contributed by atoms with Crippen LogP contribution in [0.2, 0.25) is 0 Å². The number of carbonyl (C=O) groups excluding carboxylic acids is 2. The van der Waals surface area contributed by atoms with Crippen molar-refractivity contribution in [1.29, 1.82) is 0 Å². The molecule has 0 saturated heterocycles. The second kappa shape index (κ2) is 9.62. The lowest BCUT2D eigenvalue weighted by Crippen LogP contribution is -2.26. The fourth-order valence-electron chi connectivity index (χ4n) is 3.72. The first kappa shape index (κ1) is 20.9. The van der Waals surface area contributed by atoms with Gasteiger partial charge in [0.25, 0.3) is 0 Å². The van der Waals surface area contributed by atoms with E-state index in [1.165, 1.54) is 33.6 Å². The third-order valence-electron chi connectivity index (χ3n) is 5.09. The maximum absolute atomic E-state index is 12.2. The normalized spacial score (nSPS) is 12.4. The zero-order valence-electron chi connectivity index (χ0n) is 17.2. The molecule has 1 aliphatic rings. The summed E-state index contributed by atoms with van der Waals surface area (Å²) in [7, 11) is 0. The number of esters is 1. The summed E-state index contributed by atoms with van der Waals surface area (Å²) in [5, 5.41) is 2.74. The lowest BCUT2D eigenvalue weighted by molar-refractivity contribution is 0.0532. The molecule has 1 amide bonds. The molecule has 1 heterocycles. The molecule has 0 fully saturated rings. The number of nitrogens with one attached hydrogen (secondary N) is 1. The van der Waals surface area contributed by atoms with Crippen LogP contribution in [0.25, 0.3) is 17.2 Å². The Hall–Kier alpha value is -3.38. The quantitative estimate of drug-likeness (QED) is 0.502. The number of alkyl carbamates (subject to hydrolysis) is 1. The Morgan fingerprint density at radius 1 is 0.968 bits per heavy atom. The fraction of sp³-hybridized carbons (Fsp3) is 0.200. The highest BCUT2D eigenvalue weighted by Gasteiger charge is 2.28. The maximum atomic E-state index is 12.2. The number of ether oxygens (including phenoxy) is 2. The third kappa shape index (κ3) is 4.70. The molecule has 0 atom stereocenters. The highest BCUT2D eigenvalue weighted by atomic mass is 32.1. The van der Waals surface area contributed by atoms with E-state index in [2.05, 4.69) is 29.6 Å². The molecule has 2 aromatic carbocycles. The molecule has 4 rings (SSSR count). The van der Waals surface area contributed by atoms with Crippen molar-refractivity contribution in [2.24, 2.45) is 0 Å². The van der Waals surface area contributed by atoms with Gasteiger partial charge in [-0.3, -0.25) is 0 Å². The van der Waals surface area contributed by atoms with Crippen LogP contribution in [0.15, 0.2) is 66.7 Å². The van der Waals surface area contributed by atoms with Crippen LogP contribution in [0, 0.1) is 0 Å². The summed E-state index contributed by atoms with van der Waals surface area (Å²) >= 11 is 1.35. The van der Waals surface area contributed by atoms with Crippen molar-refractivity contribution in [3.05, 3.63) is 87.6 Å². The maximum Gasteiger partial charge on any atom is 0.407 e. The SMILES string of the molecule is CCOC(=O)c1ccc(C=CCNC(=O)OCC2c3ccccc3-c3ccccc32)s1. The summed E-state index contributed by atoms with van der Waals surface area (Å²) in [5.74, 6) is -0.273. The van der Waals surface area contributed by atoms with Gasteiger partial charge < -0.3 is 14.8 Å². The molecule has 1 N–H and O–H groups in total. The summed E-state index contributed by atoms with van der Waals surface area (Å²) in [6.07, 6.45) is 3.23. The molecular formula is C25H23NO4S. The predicted molar refractivity (Wildman–Crippen MR) is 122 cm³/mol. The van der Waals surface area contributed by atoms with Gasteiger partial charge in [-0.25, -0.2) is 9.59 Å². The summed E-state index contributed by atoms with van der Waals surface area (Å²) < 4.78 is 10.5. The first-order valence-corrected chi connectivity index (χ1v) is 11.0. The summed E-state index contributed by atoms with van der Waals surface area (Å²) in [4.78, 5) is 25.4. The first-order valence-electron chi connectivity index (χ1n) is 10.2. The Labute approximate surface area is 185 Å². The van der Waals surface area contributed by atoms with Crippen molar-refractivity contribution in [2.45, 2.75) is 12.8 Å². The van der Waals surface area contributed by atoms with Crippen LogP contribution in [0.4, 0.5) is 4.79 Å². The van der Waals surface area contributed by atoms with E-state index in [0.717, 1.165) is 4.88 Å². The highest BCUT2D eigenvalue weighted by molar-refractivity contribution is 7.14. The number of benzene rings is 2. The van der Waals surface area contributed by atoms with Gasteiger partial charge in [0, 0.05) is 17.3 Å². The number of hydrogen-bond donors (Lipinski definition) is 1. The average Bonchev–Trinajstić information content (AvgIpc) is 3.39. The molecule has 0 saturated carbocycles. The van der Waals surface area contributed by atoms with Crippen LogP contribution in [0.5, 0.6) is 0 Å². The largest absolute Gasteiger partial charge is 0.462 e. The Kier molecular flexibility index (Phi) is 6.48. The molecule has 0 unspecified atom stereocenters. The van der Waals surface area contributed by atoms with Crippen LogP contribution < -0.4 is 5.32 Å². The number of fused-ring (bicyclic) bond motifs is 3. The zero-order chi connectivity index (χ0) is 21.6. The van der Waals surface area contributed by atoms with E-state index in [0.29, 0.717) is 18.0 Å².